The number of hydrogen-bond donors (Lipinski definition) is 0. The van der Waals surface area contributed by atoms with Gasteiger partial charge in [0.2, 0.25) is 0 Å². The maximum Gasteiger partial charge on any atom is 0.194 e. The molecule has 0 atom stereocenters. The Morgan fingerprint density at radius 1 is 1.22 bits per heavy atom. The van der Waals surface area contributed by atoms with Gasteiger partial charge in [0.05, 0.1) is 0 Å². The van der Waals surface area contributed by atoms with Crippen molar-refractivity contribution in [2.75, 3.05) is 0 Å². The molecular weight excluding hydrogens is 319 g/mol. The van der Waals surface area contributed by atoms with Crippen LogP contribution in [0.2, 0.25) is 5.02 Å². The van der Waals surface area contributed by atoms with E-state index >= 15 is 0 Å². The first kappa shape index (κ1) is 13.2. The quantitative estimate of drug-likeness (QED) is 0.725. The van der Waals surface area contributed by atoms with Crippen LogP contribution in [0.1, 0.15) is 21.5 Å². The van der Waals surface area contributed by atoms with E-state index < -0.39 is 0 Å². The Hall–Kier alpha value is -1.19. The Labute approximate surface area is 118 Å². The van der Waals surface area contributed by atoms with E-state index in [4.69, 9.17) is 11.6 Å². The third-order valence-electron chi connectivity index (χ3n) is 2.59. The van der Waals surface area contributed by atoms with Gasteiger partial charge in [-0.05, 0) is 48.9 Å². The van der Waals surface area contributed by atoms with Crippen LogP contribution in [0.5, 0.6) is 0 Å². The Bertz CT molecular complexity index is 625. The smallest absolute Gasteiger partial charge is 0.194 e. The first-order chi connectivity index (χ1) is 8.49. The summed E-state index contributed by atoms with van der Waals surface area (Å²) in [5.74, 6) is -0.510. The van der Waals surface area contributed by atoms with Crippen LogP contribution < -0.4 is 0 Å². The van der Waals surface area contributed by atoms with Crippen LogP contribution in [0.3, 0.4) is 0 Å². The van der Waals surface area contributed by atoms with Crippen molar-refractivity contribution in [3.63, 3.8) is 0 Å². The number of ketones is 1. The summed E-state index contributed by atoms with van der Waals surface area (Å²) in [6.45, 7) is 1.62. The molecule has 0 heterocycles. The third-order valence-corrected chi connectivity index (χ3v) is 3.52. The van der Waals surface area contributed by atoms with Crippen molar-refractivity contribution in [3.05, 3.63) is 68.4 Å². The van der Waals surface area contributed by atoms with Crippen molar-refractivity contribution >= 4 is 33.3 Å². The molecule has 2 aromatic carbocycles. The number of halogens is 3. The lowest BCUT2D eigenvalue weighted by atomic mass is 10.0. The summed E-state index contributed by atoms with van der Waals surface area (Å²) in [7, 11) is 0. The predicted octanol–water partition coefficient (Wildman–Crippen LogP) is 4.78. The van der Waals surface area contributed by atoms with Crippen LogP contribution in [0, 0.1) is 12.7 Å². The zero-order valence-corrected chi connectivity index (χ0v) is 11.8. The van der Waals surface area contributed by atoms with Crippen molar-refractivity contribution < 1.29 is 9.18 Å². The fourth-order valence-electron chi connectivity index (χ4n) is 1.61. The molecule has 0 fully saturated rings. The Balaban J connectivity index is 2.47. The molecule has 0 aromatic heterocycles. The van der Waals surface area contributed by atoms with Gasteiger partial charge in [0.1, 0.15) is 5.82 Å². The van der Waals surface area contributed by atoms with E-state index in [1.165, 1.54) is 18.2 Å². The number of carbonyl (C=O) groups excluding carboxylic acids is 1. The van der Waals surface area contributed by atoms with E-state index in [0.29, 0.717) is 26.2 Å². The minimum Gasteiger partial charge on any atom is -0.289 e. The minimum absolute atomic E-state index is 0.188. The summed E-state index contributed by atoms with van der Waals surface area (Å²) >= 11 is 9.18. The van der Waals surface area contributed by atoms with Gasteiger partial charge in [-0.25, -0.2) is 4.39 Å². The highest BCUT2D eigenvalue weighted by molar-refractivity contribution is 9.10. The zero-order chi connectivity index (χ0) is 13.3. The van der Waals surface area contributed by atoms with Gasteiger partial charge in [-0.15, -0.1) is 0 Å². The van der Waals surface area contributed by atoms with Gasteiger partial charge >= 0.3 is 0 Å². The molecule has 0 amide bonds. The predicted molar refractivity (Wildman–Crippen MR) is 73.7 cm³/mol. The maximum absolute atomic E-state index is 13.2. The first-order valence-electron chi connectivity index (χ1n) is 5.25. The molecule has 2 rings (SSSR count). The van der Waals surface area contributed by atoms with Crippen molar-refractivity contribution in [1.82, 2.24) is 0 Å². The lowest BCUT2D eigenvalue weighted by molar-refractivity contribution is 0.103. The number of benzene rings is 2. The standard InChI is InChI=1S/C14H9BrClFO/c1-8-6-9(2-5-13(8)17)14(18)11-7-10(16)3-4-12(11)15/h2-7H,1H3. The second kappa shape index (κ2) is 5.21. The third kappa shape index (κ3) is 2.62. The van der Waals surface area contributed by atoms with E-state index in [9.17, 15) is 9.18 Å². The highest BCUT2D eigenvalue weighted by Crippen LogP contribution is 2.24. The average molecular weight is 328 g/mol. The summed E-state index contributed by atoms with van der Waals surface area (Å²) in [6.07, 6.45) is 0. The number of rotatable bonds is 2. The molecule has 0 saturated heterocycles. The highest BCUT2D eigenvalue weighted by Gasteiger charge is 2.14. The molecule has 18 heavy (non-hydrogen) atoms. The fraction of sp³-hybridized carbons (Fsp3) is 0.0714. The summed E-state index contributed by atoms with van der Waals surface area (Å²) in [5, 5.41) is 0.486. The fourth-order valence-corrected chi connectivity index (χ4v) is 2.21. The lowest BCUT2D eigenvalue weighted by Gasteiger charge is -2.06. The molecule has 0 aliphatic rings. The van der Waals surface area contributed by atoms with Gasteiger partial charge in [-0.1, -0.05) is 27.5 Å². The second-order valence-corrected chi connectivity index (χ2v) is 5.21. The molecule has 1 nitrogen and oxygen atoms in total. The van der Waals surface area contributed by atoms with Gasteiger partial charge < -0.3 is 0 Å². The zero-order valence-electron chi connectivity index (χ0n) is 9.51. The molecule has 0 unspecified atom stereocenters. The van der Waals surface area contributed by atoms with Gasteiger partial charge in [0.25, 0.3) is 0 Å². The van der Waals surface area contributed by atoms with Crippen molar-refractivity contribution in [2.45, 2.75) is 6.92 Å². The minimum atomic E-state index is -0.322. The molecule has 2 aromatic rings. The molecule has 0 bridgehead atoms. The van der Waals surface area contributed by atoms with Crippen LogP contribution in [-0.2, 0) is 0 Å². The normalized spacial score (nSPS) is 10.4. The van der Waals surface area contributed by atoms with E-state index in [-0.39, 0.29) is 11.6 Å². The van der Waals surface area contributed by atoms with Crippen LogP contribution in [-0.4, -0.2) is 5.78 Å². The molecule has 0 aliphatic heterocycles. The Morgan fingerprint density at radius 2 is 1.94 bits per heavy atom. The summed E-state index contributed by atoms with van der Waals surface area (Å²) in [6, 6.07) is 9.29. The van der Waals surface area contributed by atoms with Gasteiger partial charge in [-0.3, -0.25) is 4.79 Å². The SMILES string of the molecule is Cc1cc(C(=O)c2cc(Cl)ccc2Br)ccc1F. The summed E-state index contributed by atoms with van der Waals surface area (Å²) in [4.78, 5) is 12.3. The van der Waals surface area contributed by atoms with Crippen molar-refractivity contribution in [1.29, 1.82) is 0 Å². The highest BCUT2D eigenvalue weighted by atomic mass is 79.9. The molecular formula is C14H9BrClFO. The van der Waals surface area contributed by atoms with Crippen LogP contribution >= 0.6 is 27.5 Å². The van der Waals surface area contributed by atoms with E-state index in [0.717, 1.165) is 0 Å². The van der Waals surface area contributed by atoms with Crippen LogP contribution in [0.4, 0.5) is 4.39 Å². The van der Waals surface area contributed by atoms with Gasteiger partial charge in [-0.2, -0.15) is 0 Å². The van der Waals surface area contributed by atoms with E-state index in [1.807, 2.05) is 0 Å². The molecule has 0 spiro atoms. The molecule has 0 aliphatic carbocycles. The molecule has 0 N–H and O–H groups in total. The average Bonchev–Trinajstić information content (AvgIpc) is 2.35. The molecule has 0 saturated carbocycles. The number of aryl methyl sites for hydroxylation is 1. The van der Waals surface area contributed by atoms with Crippen molar-refractivity contribution in [2.24, 2.45) is 0 Å². The van der Waals surface area contributed by atoms with E-state index in [1.54, 1.807) is 25.1 Å². The Kier molecular flexibility index (Phi) is 3.83. The lowest BCUT2D eigenvalue weighted by Crippen LogP contribution is -2.03. The molecule has 4 heteroatoms. The van der Waals surface area contributed by atoms with E-state index in [2.05, 4.69) is 15.9 Å². The first-order valence-corrected chi connectivity index (χ1v) is 6.42. The topological polar surface area (TPSA) is 17.1 Å². The second-order valence-electron chi connectivity index (χ2n) is 3.92. The van der Waals surface area contributed by atoms with Gasteiger partial charge in [0.15, 0.2) is 5.78 Å². The summed E-state index contributed by atoms with van der Waals surface area (Å²) in [5.41, 5.74) is 1.35. The van der Waals surface area contributed by atoms with Crippen molar-refractivity contribution in [3.8, 4) is 0 Å². The number of carbonyl (C=O) groups is 1. The van der Waals surface area contributed by atoms with Crippen LogP contribution in [0.25, 0.3) is 0 Å². The Morgan fingerprint density at radius 3 is 2.61 bits per heavy atom. The monoisotopic (exact) mass is 326 g/mol. The molecule has 0 radical (unpaired) electrons. The number of hydrogen-bond acceptors (Lipinski definition) is 1. The van der Waals surface area contributed by atoms with Crippen LogP contribution in [0.15, 0.2) is 40.9 Å². The summed E-state index contributed by atoms with van der Waals surface area (Å²) < 4.78 is 13.8. The van der Waals surface area contributed by atoms with Gasteiger partial charge in [0, 0.05) is 20.6 Å². The maximum atomic E-state index is 13.2. The largest absolute Gasteiger partial charge is 0.289 e. The molecule has 92 valence electrons.